The molecule has 1 aliphatic heterocycles. The highest BCUT2D eigenvalue weighted by atomic mass is 28.4. The summed E-state index contributed by atoms with van der Waals surface area (Å²) >= 11 is 0. The van der Waals surface area contributed by atoms with Crippen LogP contribution in [-0.4, -0.2) is 68.9 Å². The Morgan fingerprint density at radius 3 is 2.60 bits per heavy atom. The van der Waals surface area contributed by atoms with Gasteiger partial charge in [-0.25, -0.2) is 19.3 Å². The number of carbonyl (C=O) groups is 1. The summed E-state index contributed by atoms with van der Waals surface area (Å²) in [4.78, 5) is 34.6. The van der Waals surface area contributed by atoms with Crippen molar-refractivity contribution in [1.82, 2.24) is 19.5 Å². The third kappa shape index (κ3) is 4.05. The lowest BCUT2D eigenvalue weighted by Crippen LogP contribution is -2.44. The number of aromatic nitrogens is 4. The molecule has 1 amide bonds. The fraction of sp³-hybridized carbons (Fsp3) is 0.667. The maximum Gasteiger partial charge on any atom is 0.330 e. The number of imidazole rings is 1. The first-order valence-electron chi connectivity index (χ1n) is 9.72. The van der Waals surface area contributed by atoms with Gasteiger partial charge in [0.2, 0.25) is 5.91 Å². The second-order valence-electron chi connectivity index (χ2n) is 9.02. The molecule has 1 aliphatic rings. The van der Waals surface area contributed by atoms with Crippen molar-refractivity contribution in [2.75, 3.05) is 11.9 Å². The van der Waals surface area contributed by atoms with Crippen molar-refractivity contribution in [1.29, 1.82) is 0 Å². The number of nitrogens with zero attached hydrogens (tertiary/aromatic N) is 3. The number of hydrogen-bond acceptors (Lipinski definition) is 8. The smallest absolute Gasteiger partial charge is 0.330 e. The Bertz CT molecular complexity index is 997. The number of rotatable bonds is 5. The first-order chi connectivity index (χ1) is 13.8. The van der Waals surface area contributed by atoms with Gasteiger partial charge >= 0.3 is 5.69 Å². The van der Waals surface area contributed by atoms with Gasteiger partial charge in [0, 0.05) is 6.92 Å². The second-order valence-corrected chi connectivity index (χ2v) is 13.8. The van der Waals surface area contributed by atoms with Gasteiger partial charge in [0.15, 0.2) is 26.0 Å². The van der Waals surface area contributed by atoms with Crippen molar-refractivity contribution >= 4 is 31.2 Å². The van der Waals surface area contributed by atoms with E-state index in [1.54, 1.807) is 0 Å². The molecule has 0 saturated carbocycles. The molecule has 0 spiro atoms. The number of amides is 1. The Hall–Kier alpha value is -2.12. The molecule has 2 aromatic heterocycles. The van der Waals surface area contributed by atoms with Gasteiger partial charge in [0.05, 0.1) is 6.61 Å². The minimum atomic E-state index is -2.10. The molecule has 1 saturated heterocycles. The average molecular weight is 440 g/mol. The van der Waals surface area contributed by atoms with E-state index in [0.29, 0.717) is 0 Å². The zero-order valence-corrected chi connectivity index (χ0v) is 19.0. The van der Waals surface area contributed by atoms with Crippen LogP contribution in [0.2, 0.25) is 18.1 Å². The van der Waals surface area contributed by atoms with Gasteiger partial charge in [0.1, 0.15) is 30.2 Å². The number of nitrogens with one attached hydrogen (secondary N) is 2. The Kier molecular flexibility index (Phi) is 5.90. The highest BCUT2D eigenvalue weighted by Crippen LogP contribution is 2.38. The van der Waals surface area contributed by atoms with Crippen molar-refractivity contribution in [3.63, 3.8) is 0 Å². The monoisotopic (exact) mass is 439 g/mol. The number of hydrogen-bond donors (Lipinski definition) is 4. The zero-order chi connectivity index (χ0) is 22.4. The van der Waals surface area contributed by atoms with Gasteiger partial charge in [-0.05, 0) is 18.1 Å². The van der Waals surface area contributed by atoms with Crippen LogP contribution in [0, 0.1) is 0 Å². The van der Waals surface area contributed by atoms with E-state index >= 15 is 0 Å². The highest BCUT2D eigenvalue weighted by molar-refractivity contribution is 6.74. The molecular weight excluding hydrogens is 410 g/mol. The number of aromatic amines is 1. The molecule has 0 aromatic carbocycles. The third-order valence-electron chi connectivity index (χ3n) is 5.81. The van der Waals surface area contributed by atoms with Crippen LogP contribution in [0.15, 0.2) is 11.1 Å². The van der Waals surface area contributed by atoms with Gasteiger partial charge in [-0.2, -0.15) is 0 Å². The van der Waals surface area contributed by atoms with Gasteiger partial charge in [-0.1, -0.05) is 20.8 Å². The van der Waals surface area contributed by atoms with Gasteiger partial charge in [0.25, 0.3) is 0 Å². The largest absolute Gasteiger partial charge is 0.414 e. The molecule has 0 aliphatic carbocycles. The van der Waals surface area contributed by atoms with Crippen molar-refractivity contribution in [3.05, 3.63) is 16.8 Å². The normalized spacial score (nSPS) is 25.1. The molecule has 2 aromatic rings. The lowest BCUT2D eigenvalue weighted by molar-refractivity contribution is -0.114. The highest BCUT2D eigenvalue weighted by Gasteiger charge is 2.47. The Labute approximate surface area is 174 Å². The summed E-state index contributed by atoms with van der Waals surface area (Å²) in [6.07, 6.45) is -3.41. The third-order valence-corrected chi connectivity index (χ3v) is 10.3. The van der Waals surface area contributed by atoms with Crippen LogP contribution in [0.3, 0.4) is 0 Å². The molecule has 1 fully saturated rings. The predicted molar refractivity (Wildman–Crippen MR) is 112 cm³/mol. The molecule has 3 rings (SSSR count). The quantitative estimate of drug-likeness (QED) is 0.497. The number of aliphatic hydroxyl groups excluding tert-OH is 2. The number of fused-ring (bicyclic) bond motifs is 1. The van der Waals surface area contributed by atoms with Gasteiger partial charge < -0.3 is 29.7 Å². The summed E-state index contributed by atoms with van der Waals surface area (Å²) in [5, 5.41) is 23.6. The summed E-state index contributed by atoms with van der Waals surface area (Å²) in [7, 11) is -2.10. The van der Waals surface area contributed by atoms with E-state index in [2.05, 4.69) is 54.1 Å². The van der Waals surface area contributed by atoms with Crippen LogP contribution in [-0.2, 0) is 14.0 Å². The van der Waals surface area contributed by atoms with Gasteiger partial charge in [-0.3, -0.25) is 4.79 Å². The maximum atomic E-state index is 12.6. The van der Waals surface area contributed by atoms with Crippen LogP contribution < -0.4 is 11.0 Å². The van der Waals surface area contributed by atoms with Crippen molar-refractivity contribution in [2.24, 2.45) is 0 Å². The summed E-state index contributed by atoms with van der Waals surface area (Å²) < 4.78 is 13.1. The maximum absolute atomic E-state index is 12.6. The molecular formula is C18H29N5O6Si. The number of aliphatic hydroxyl groups is 2. The molecule has 0 bridgehead atoms. The summed E-state index contributed by atoms with van der Waals surface area (Å²) in [5.41, 5.74) is -0.274. The fourth-order valence-corrected chi connectivity index (χ4v) is 4.04. The summed E-state index contributed by atoms with van der Waals surface area (Å²) in [5.74, 6) is -0.229. The minimum Gasteiger partial charge on any atom is -0.414 e. The van der Waals surface area contributed by atoms with Crippen LogP contribution in [0.25, 0.3) is 11.2 Å². The molecule has 0 radical (unpaired) electrons. The molecule has 4 N–H and O–H groups in total. The van der Waals surface area contributed by atoms with Crippen LogP contribution in [0.4, 0.5) is 5.82 Å². The van der Waals surface area contributed by atoms with E-state index in [-0.39, 0.29) is 34.5 Å². The summed E-state index contributed by atoms with van der Waals surface area (Å²) in [6, 6.07) is 0. The van der Waals surface area contributed by atoms with E-state index in [1.165, 1.54) is 13.3 Å². The molecule has 12 heteroatoms. The van der Waals surface area contributed by atoms with Crippen LogP contribution >= 0.6 is 0 Å². The van der Waals surface area contributed by atoms with E-state index < -0.39 is 38.5 Å². The van der Waals surface area contributed by atoms with Crippen LogP contribution in [0.5, 0.6) is 0 Å². The number of ether oxygens (including phenoxy) is 1. The topological polar surface area (TPSA) is 152 Å². The van der Waals surface area contributed by atoms with E-state index in [0.717, 1.165) is 4.57 Å². The van der Waals surface area contributed by atoms with Crippen molar-refractivity contribution in [3.8, 4) is 0 Å². The van der Waals surface area contributed by atoms with Gasteiger partial charge in [-0.15, -0.1) is 0 Å². The molecule has 4 atom stereocenters. The van der Waals surface area contributed by atoms with Crippen molar-refractivity contribution < 1.29 is 24.2 Å². The standard InChI is InChI=1S/C18H29N5O6Si/c1-9(24)21-14-11-15(20-8-19-14)23(17(27)22-11)16-13(26)12(25)10(29-16)7-28-30(5,6)18(2,3)4/h8,10,12-13,16,25-26H,7H2,1-6H3,(H,22,27)(H,19,20,21,24)/t10-,12-,13-,16-/m1/s1. The van der Waals surface area contributed by atoms with E-state index in [1.807, 2.05) is 0 Å². The number of anilines is 1. The lowest BCUT2D eigenvalue weighted by Gasteiger charge is -2.37. The van der Waals surface area contributed by atoms with E-state index in [4.69, 9.17) is 9.16 Å². The molecule has 11 nitrogen and oxygen atoms in total. The Morgan fingerprint density at radius 2 is 2.00 bits per heavy atom. The SMILES string of the molecule is CC(=O)Nc1ncnc2c1[nH]c(=O)n2[C@@H]1O[C@H](CO[Si](C)(C)C(C)(C)C)[C@@H](O)[C@H]1O. The number of carbonyl (C=O) groups excluding carboxylic acids is 1. The molecule has 0 unspecified atom stereocenters. The average Bonchev–Trinajstić information content (AvgIpc) is 3.09. The fourth-order valence-electron chi connectivity index (χ4n) is 3.02. The molecule has 3 heterocycles. The Balaban J connectivity index is 1.88. The zero-order valence-electron chi connectivity index (χ0n) is 18.0. The van der Waals surface area contributed by atoms with Crippen molar-refractivity contribution in [2.45, 2.75) is 70.4 Å². The predicted octanol–water partition coefficient (Wildman–Crippen LogP) is 0.719. The second kappa shape index (κ2) is 7.85. The lowest BCUT2D eigenvalue weighted by atomic mass is 10.1. The Morgan fingerprint density at radius 1 is 1.33 bits per heavy atom. The minimum absolute atomic E-state index is 0.0284. The first-order valence-corrected chi connectivity index (χ1v) is 12.6. The number of H-pyrrole nitrogens is 1. The van der Waals surface area contributed by atoms with Crippen LogP contribution in [0.1, 0.15) is 33.9 Å². The summed E-state index contributed by atoms with van der Waals surface area (Å²) in [6.45, 7) is 11.9. The van der Waals surface area contributed by atoms with E-state index in [9.17, 15) is 19.8 Å². The first kappa shape index (κ1) is 22.6. The molecule has 30 heavy (non-hydrogen) atoms. The molecule has 166 valence electrons.